The first kappa shape index (κ1) is 8.53. The van der Waals surface area contributed by atoms with Crippen LogP contribution in [-0.2, 0) is 6.61 Å². The maximum absolute atomic E-state index is 9.16. The Balaban J connectivity index is 2.88. The third kappa shape index (κ3) is 1.20. The van der Waals surface area contributed by atoms with Gasteiger partial charge in [0, 0.05) is 15.6 Å². The minimum atomic E-state index is 0.0245. The minimum Gasteiger partial charge on any atom is -0.392 e. The fourth-order valence-electron chi connectivity index (χ4n) is 1.57. The third-order valence-corrected chi connectivity index (χ3v) is 3.24. The monoisotopic (exact) mass is 193 g/mol. The lowest BCUT2D eigenvalue weighted by Crippen LogP contribution is -1.89. The van der Waals surface area contributed by atoms with Crippen molar-refractivity contribution in [1.29, 1.82) is 0 Å². The number of fused-ring (bicyclic) bond motifs is 1. The van der Waals surface area contributed by atoms with E-state index < -0.39 is 0 Å². The summed E-state index contributed by atoms with van der Waals surface area (Å²) >= 11 is 1.54. The molecule has 2 aromatic rings. The number of benzene rings is 1. The van der Waals surface area contributed by atoms with Gasteiger partial charge in [0.15, 0.2) is 0 Å². The van der Waals surface area contributed by atoms with E-state index in [1.807, 2.05) is 25.1 Å². The van der Waals surface area contributed by atoms with Crippen LogP contribution in [0.1, 0.15) is 11.1 Å². The van der Waals surface area contributed by atoms with Crippen LogP contribution in [-0.4, -0.2) is 5.11 Å². The number of hydrogen-bond donors (Lipinski definition) is 2. The van der Waals surface area contributed by atoms with Crippen molar-refractivity contribution in [3.05, 3.63) is 29.3 Å². The second-order valence-electron chi connectivity index (χ2n) is 3.05. The molecule has 68 valence electrons. The highest BCUT2D eigenvalue weighted by Gasteiger charge is 2.09. The molecule has 2 rings (SSSR count). The Morgan fingerprint density at radius 1 is 1.46 bits per heavy atom. The number of aliphatic hydroxyl groups excluding tert-OH is 1. The van der Waals surface area contributed by atoms with Gasteiger partial charge in [0.1, 0.15) is 0 Å². The normalized spacial score (nSPS) is 10.9. The quantitative estimate of drug-likeness (QED) is 0.730. The largest absolute Gasteiger partial charge is 0.392 e. The number of aliphatic hydroxyl groups is 1. The van der Waals surface area contributed by atoms with Crippen molar-refractivity contribution in [2.24, 2.45) is 0 Å². The van der Waals surface area contributed by atoms with Crippen molar-refractivity contribution in [3.63, 3.8) is 0 Å². The molecule has 0 aliphatic heterocycles. The van der Waals surface area contributed by atoms with Gasteiger partial charge in [-0.2, -0.15) is 0 Å². The van der Waals surface area contributed by atoms with Crippen molar-refractivity contribution in [2.45, 2.75) is 13.5 Å². The summed E-state index contributed by atoms with van der Waals surface area (Å²) in [4.78, 5) is 0. The summed E-state index contributed by atoms with van der Waals surface area (Å²) in [6.45, 7) is 2.06. The van der Waals surface area contributed by atoms with E-state index in [2.05, 4.69) is 0 Å². The zero-order chi connectivity index (χ0) is 9.42. The lowest BCUT2D eigenvalue weighted by molar-refractivity contribution is 0.284. The summed E-state index contributed by atoms with van der Waals surface area (Å²) in [6, 6.07) is 6.07. The topological polar surface area (TPSA) is 46.2 Å². The number of nitrogens with two attached hydrogens (primary N) is 1. The molecule has 0 unspecified atom stereocenters. The van der Waals surface area contributed by atoms with Gasteiger partial charge >= 0.3 is 0 Å². The second-order valence-corrected chi connectivity index (χ2v) is 4.13. The molecule has 0 radical (unpaired) electrons. The molecule has 1 heterocycles. The molecular weight excluding hydrogens is 182 g/mol. The molecule has 2 nitrogen and oxygen atoms in total. The molecule has 0 aliphatic rings. The van der Waals surface area contributed by atoms with E-state index in [0.717, 1.165) is 20.7 Å². The van der Waals surface area contributed by atoms with Crippen LogP contribution < -0.4 is 5.73 Å². The summed E-state index contributed by atoms with van der Waals surface area (Å²) < 4.78 is 1.15. The lowest BCUT2D eigenvalue weighted by atomic mass is 10.1. The average Bonchev–Trinajstić information content (AvgIpc) is 2.42. The van der Waals surface area contributed by atoms with E-state index in [1.54, 1.807) is 0 Å². The molecular formula is C10H11NOS. The number of hydrogen-bond acceptors (Lipinski definition) is 3. The molecule has 0 bridgehead atoms. The van der Waals surface area contributed by atoms with Gasteiger partial charge in [-0.25, -0.2) is 0 Å². The summed E-state index contributed by atoms with van der Waals surface area (Å²) in [5.74, 6) is 0. The predicted molar refractivity (Wildman–Crippen MR) is 56.9 cm³/mol. The van der Waals surface area contributed by atoms with Crippen LogP contribution in [0.4, 0.5) is 5.00 Å². The van der Waals surface area contributed by atoms with Crippen LogP contribution in [0.2, 0.25) is 0 Å². The Morgan fingerprint density at radius 3 is 2.92 bits per heavy atom. The molecule has 1 aromatic heterocycles. The Bertz CT molecular complexity index is 447. The summed E-state index contributed by atoms with van der Waals surface area (Å²) in [6.07, 6.45) is 0. The van der Waals surface area contributed by atoms with E-state index in [9.17, 15) is 0 Å². The lowest BCUT2D eigenvalue weighted by Gasteiger charge is -1.98. The van der Waals surface area contributed by atoms with E-state index in [-0.39, 0.29) is 6.61 Å². The zero-order valence-electron chi connectivity index (χ0n) is 7.37. The van der Waals surface area contributed by atoms with Crippen molar-refractivity contribution in [3.8, 4) is 0 Å². The Morgan fingerprint density at radius 2 is 2.23 bits per heavy atom. The van der Waals surface area contributed by atoms with Crippen molar-refractivity contribution < 1.29 is 5.11 Å². The molecule has 0 spiro atoms. The van der Waals surface area contributed by atoms with Crippen LogP contribution in [0.15, 0.2) is 18.2 Å². The Labute approximate surface area is 80.6 Å². The zero-order valence-corrected chi connectivity index (χ0v) is 8.19. The smallest absolute Gasteiger partial charge is 0.0924 e. The van der Waals surface area contributed by atoms with Crippen LogP contribution >= 0.6 is 11.3 Å². The van der Waals surface area contributed by atoms with Gasteiger partial charge in [-0.05, 0) is 18.6 Å². The molecule has 3 heteroatoms. The van der Waals surface area contributed by atoms with Gasteiger partial charge < -0.3 is 10.8 Å². The molecule has 3 N–H and O–H groups in total. The number of nitrogen functional groups attached to an aromatic ring is 1. The Hall–Kier alpha value is -1.06. The van der Waals surface area contributed by atoms with Crippen LogP contribution in [0, 0.1) is 6.92 Å². The van der Waals surface area contributed by atoms with Crippen LogP contribution in [0.25, 0.3) is 10.1 Å². The van der Waals surface area contributed by atoms with Crippen LogP contribution in [0.3, 0.4) is 0 Å². The Kier molecular flexibility index (Phi) is 1.98. The first-order valence-corrected chi connectivity index (χ1v) is 4.93. The van der Waals surface area contributed by atoms with Crippen molar-refractivity contribution in [1.82, 2.24) is 0 Å². The highest BCUT2D eigenvalue weighted by molar-refractivity contribution is 7.22. The summed E-state index contributed by atoms with van der Waals surface area (Å²) in [5, 5.41) is 11.0. The number of anilines is 1. The molecule has 0 fully saturated rings. The molecule has 0 saturated heterocycles. The molecule has 1 aromatic carbocycles. The highest BCUT2D eigenvalue weighted by atomic mass is 32.1. The molecule has 0 saturated carbocycles. The van der Waals surface area contributed by atoms with Gasteiger partial charge in [-0.15, -0.1) is 11.3 Å². The van der Waals surface area contributed by atoms with Gasteiger partial charge in [-0.3, -0.25) is 0 Å². The van der Waals surface area contributed by atoms with E-state index in [1.165, 1.54) is 16.9 Å². The van der Waals surface area contributed by atoms with E-state index in [0.29, 0.717) is 0 Å². The second kappa shape index (κ2) is 3.01. The van der Waals surface area contributed by atoms with Gasteiger partial charge in [-0.1, -0.05) is 12.1 Å². The number of aryl methyl sites for hydroxylation is 1. The van der Waals surface area contributed by atoms with Crippen molar-refractivity contribution >= 4 is 26.4 Å². The molecule has 13 heavy (non-hydrogen) atoms. The number of thiophene rings is 1. The van der Waals surface area contributed by atoms with Gasteiger partial charge in [0.25, 0.3) is 0 Å². The van der Waals surface area contributed by atoms with Crippen LogP contribution in [0.5, 0.6) is 0 Å². The van der Waals surface area contributed by atoms with Gasteiger partial charge in [0.05, 0.1) is 11.6 Å². The summed E-state index contributed by atoms with van der Waals surface area (Å²) in [5.41, 5.74) is 7.84. The standard InChI is InChI=1S/C10H11NOS/c1-6-3-2-4-8-9(6)7(5-12)10(11)13-8/h2-4,12H,5,11H2,1H3. The minimum absolute atomic E-state index is 0.0245. The van der Waals surface area contributed by atoms with Gasteiger partial charge in [0.2, 0.25) is 0 Å². The molecule has 0 aliphatic carbocycles. The maximum atomic E-state index is 9.16. The number of rotatable bonds is 1. The molecule has 0 amide bonds. The predicted octanol–water partition coefficient (Wildman–Crippen LogP) is 2.28. The fraction of sp³-hybridized carbons (Fsp3) is 0.200. The maximum Gasteiger partial charge on any atom is 0.0924 e. The van der Waals surface area contributed by atoms with E-state index >= 15 is 0 Å². The van der Waals surface area contributed by atoms with Crippen molar-refractivity contribution in [2.75, 3.05) is 5.73 Å². The summed E-state index contributed by atoms with van der Waals surface area (Å²) in [7, 11) is 0. The van der Waals surface area contributed by atoms with E-state index in [4.69, 9.17) is 10.8 Å². The third-order valence-electron chi connectivity index (χ3n) is 2.21. The average molecular weight is 193 g/mol. The highest BCUT2D eigenvalue weighted by Crippen LogP contribution is 2.35. The molecule has 0 atom stereocenters. The fourth-order valence-corrected chi connectivity index (χ4v) is 2.63. The first-order valence-electron chi connectivity index (χ1n) is 4.11. The SMILES string of the molecule is Cc1cccc2sc(N)c(CO)c12. The first-order chi connectivity index (χ1) is 6.24.